The second kappa shape index (κ2) is 4.80. The third-order valence-corrected chi connectivity index (χ3v) is 3.08. The molecule has 0 amide bonds. The molecule has 74 valence electrons. The molecule has 0 saturated heterocycles. The molecule has 1 nitrogen and oxygen atoms in total. The zero-order valence-electron chi connectivity index (χ0n) is 8.52. The van der Waals surface area contributed by atoms with E-state index in [0.29, 0.717) is 0 Å². The van der Waals surface area contributed by atoms with Gasteiger partial charge in [-0.15, -0.1) is 0 Å². The van der Waals surface area contributed by atoms with Crippen molar-refractivity contribution in [1.29, 1.82) is 0 Å². The average molecular weight is 179 g/mol. The Morgan fingerprint density at radius 3 is 2.85 bits per heavy atom. The second-order valence-electron chi connectivity index (χ2n) is 4.47. The van der Waals surface area contributed by atoms with Gasteiger partial charge in [0.15, 0.2) is 0 Å². The van der Waals surface area contributed by atoms with E-state index >= 15 is 0 Å². The van der Waals surface area contributed by atoms with Crippen LogP contribution in [0.1, 0.15) is 51.4 Å². The van der Waals surface area contributed by atoms with Crippen molar-refractivity contribution in [2.24, 2.45) is 0 Å². The Morgan fingerprint density at radius 1 is 1.15 bits per heavy atom. The van der Waals surface area contributed by atoms with Gasteiger partial charge in [-0.3, -0.25) is 0 Å². The van der Waals surface area contributed by atoms with Gasteiger partial charge in [0.1, 0.15) is 0 Å². The van der Waals surface area contributed by atoms with Gasteiger partial charge in [0.05, 0.1) is 0 Å². The van der Waals surface area contributed by atoms with Crippen molar-refractivity contribution in [1.82, 2.24) is 5.32 Å². The first kappa shape index (κ1) is 9.26. The fourth-order valence-electron chi connectivity index (χ4n) is 1.98. The highest BCUT2D eigenvalue weighted by atomic mass is 14.9. The van der Waals surface area contributed by atoms with E-state index in [2.05, 4.69) is 11.4 Å². The minimum atomic E-state index is 0.867. The Bertz CT molecular complexity index is 180. The number of hydrogen-bond acceptors (Lipinski definition) is 1. The summed E-state index contributed by atoms with van der Waals surface area (Å²) in [6, 6.07) is 0.867. The summed E-state index contributed by atoms with van der Waals surface area (Å²) in [7, 11) is 0. The Morgan fingerprint density at radius 2 is 2.00 bits per heavy atom. The van der Waals surface area contributed by atoms with E-state index in [1.165, 1.54) is 57.9 Å². The van der Waals surface area contributed by atoms with Crippen LogP contribution in [0.4, 0.5) is 0 Å². The van der Waals surface area contributed by atoms with Crippen molar-refractivity contribution in [3.05, 3.63) is 11.6 Å². The van der Waals surface area contributed by atoms with E-state index in [1.54, 1.807) is 5.57 Å². The molecular weight excluding hydrogens is 158 g/mol. The monoisotopic (exact) mass is 179 g/mol. The van der Waals surface area contributed by atoms with E-state index in [0.717, 1.165) is 6.04 Å². The van der Waals surface area contributed by atoms with E-state index < -0.39 is 0 Å². The summed E-state index contributed by atoms with van der Waals surface area (Å²) in [6.45, 7) is 1.17. The van der Waals surface area contributed by atoms with Gasteiger partial charge in [-0.1, -0.05) is 24.5 Å². The Kier molecular flexibility index (Phi) is 3.42. The van der Waals surface area contributed by atoms with Crippen LogP contribution in [0.25, 0.3) is 0 Å². The van der Waals surface area contributed by atoms with Crippen molar-refractivity contribution >= 4 is 0 Å². The Labute approximate surface area is 81.6 Å². The predicted molar refractivity (Wildman–Crippen MR) is 56.8 cm³/mol. The van der Waals surface area contributed by atoms with Gasteiger partial charge in [0, 0.05) is 12.6 Å². The third kappa shape index (κ3) is 3.51. The van der Waals surface area contributed by atoms with Gasteiger partial charge in [-0.05, 0) is 38.5 Å². The Hall–Kier alpha value is -0.300. The maximum atomic E-state index is 3.61. The Balaban J connectivity index is 1.72. The van der Waals surface area contributed by atoms with Crippen LogP contribution >= 0.6 is 0 Å². The zero-order valence-corrected chi connectivity index (χ0v) is 8.52. The van der Waals surface area contributed by atoms with Crippen molar-refractivity contribution in [2.75, 3.05) is 6.54 Å². The molecule has 0 heterocycles. The average Bonchev–Trinajstić information content (AvgIpc) is 2.85. The lowest BCUT2D eigenvalue weighted by molar-refractivity contribution is 0.605. The molecule has 13 heavy (non-hydrogen) atoms. The maximum Gasteiger partial charge on any atom is 0.0167 e. The van der Waals surface area contributed by atoms with Crippen LogP contribution in [0.2, 0.25) is 0 Å². The topological polar surface area (TPSA) is 12.0 Å². The standard InChI is InChI=1S/C12H21N/c1-2-4-6-11(7-5-3-1)10-13-12-8-9-12/h6,12-13H,1-5,7-10H2/b11-6+. The molecule has 2 aliphatic rings. The normalized spacial score (nSPS) is 28.8. The summed E-state index contributed by atoms with van der Waals surface area (Å²) in [5.41, 5.74) is 1.67. The minimum Gasteiger partial charge on any atom is -0.310 e. The smallest absolute Gasteiger partial charge is 0.0167 e. The summed E-state index contributed by atoms with van der Waals surface area (Å²) in [4.78, 5) is 0. The quantitative estimate of drug-likeness (QED) is 0.657. The molecule has 2 rings (SSSR count). The van der Waals surface area contributed by atoms with Crippen LogP contribution in [0.3, 0.4) is 0 Å². The number of allylic oxidation sites excluding steroid dienone is 1. The summed E-state index contributed by atoms with van der Waals surface area (Å²) in [5.74, 6) is 0. The van der Waals surface area contributed by atoms with Crippen LogP contribution in [0, 0.1) is 0 Å². The summed E-state index contributed by atoms with van der Waals surface area (Å²) < 4.78 is 0. The molecule has 1 heteroatoms. The fourth-order valence-corrected chi connectivity index (χ4v) is 1.98. The number of nitrogens with one attached hydrogen (secondary N) is 1. The SMILES string of the molecule is C1=C(/CNC2CC2)CCCCCC/1. The predicted octanol–water partition coefficient (Wildman–Crippen LogP) is 3.02. The van der Waals surface area contributed by atoms with E-state index in [4.69, 9.17) is 0 Å². The third-order valence-electron chi connectivity index (χ3n) is 3.08. The van der Waals surface area contributed by atoms with Gasteiger partial charge in [0.25, 0.3) is 0 Å². The van der Waals surface area contributed by atoms with E-state index in [1.807, 2.05) is 0 Å². The highest BCUT2D eigenvalue weighted by Gasteiger charge is 2.20. The highest BCUT2D eigenvalue weighted by molar-refractivity contribution is 5.06. The van der Waals surface area contributed by atoms with Crippen LogP contribution in [0.5, 0.6) is 0 Å². The zero-order chi connectivity index (χ0) is 8.93. The summed E-state index contributed by atoms with van der Waals surface area (Å²) in [6.07, 6.45) is 13.7. The van der Waals surface area contributed by atoms with Gasteiger partial charge in [-0.25, -0.2) is 0 Å². The van der Waals surface area contributed by atoms with Crippen molar-refractivity contribution in [3.8, 4) is 0 Å². The molecule has 0 bridgehead atoms. The lowest BCUT2D eigenvalue weighted by atomic mass is 10.00. The summed E-state index contributed by atoms with van der Waals surface area (Å²) >= 11 is 0. The molecule has 0 aliphatic heterocycles. The molecule has 0 atom stereocenters. The minimum absolute atomic E-state index is 0.867. The largest absolute Gasteiger partial charge is 0.310 e. The maximum absolute atomic E-state index is 3.61. The first-order valence-corrected chi connectivity index (χ1v) is 5.86. The highest BCUT2D eigenvalue weighted by Crippen LogP contribution is 2.21. The summed E-state index contributed by atoms with van der Waals surface area (Å²) in [5, 5.41) is 3.61. The second-order valence-corrected chi connectivity index (χ2v) is 4.47. The lowest BCUT2D eigenvalue weighted by Gasteiger charge is -2.11. The first-order valence-electron chi connectivity index (χ1n) is 5.86. The molecule has 0 aromatic heterocycles. The van der Waals surface area contributed by atoms with Gasteiger partial charge in [-0.2, -0.15) is 0 Å². The number of rotatable bonds is 3. The van der Waals surface area contributed by atoms with Crippen LogP contribution in [0.15, 0.2) is 11.6 Å². The van der Waals surface area contributed by atoms with Crippen molar-refractivity contribution in [3.63, 3.8) is 0 Å². The molecule has 2 aliphatic carbocycles. The van der Waals surface area contributed by atoms with Gasteiger partial charge in [0.2, 0.25) is 0 Å². The van der Waals surface area contributed by atoms with E-state index in [9.17, 15) is 0 Å². The molecule has 1 saturated carbocycles. The first-order chi connectivity index (χ1) is 6.45. The molecule has 0 aromatic carbocycles. The van der Waals surface area contributed by atoms with Crippen LogP contribution in [-0.4, -0.2) is 12.6 Å². The van der Waals surface area contributed by atoms with Gasteiger partial charge >= 0.3 is 0 Å². The molecule has 0 unspecified atom stereocenters. The van der Waals surface area contributed by atoms with Crippen LogP contribution < -0.4 is 5.32 Å². The fraction of sp³-hybridized carbons (Fsp3) is 0.833. The van der Waals surface area contributed by atoms with Crippen LogP contribution in [-0.2, 0) is 0 Å². The van der Waals surface area contributed by atoms with Gasteiger partial charge < -0.3 is 5.32 Å². The molecule has 0 radical (unpaired) electrons. The lowest BCUT2D eigenvalue weighted by Crippen LogP contribution is -2.19. The van der Waals surface area contributed by atoms with Crippen molar-refractivity contribution in [2.45, 2.75) is 57.4 Å². The molecule has 0 aromatic rings. The van der Waals surface area contributed by atoms with Crippen molar-refractivity contribution < 1.29 is 0 Å². The van der Waals surface area contributed by atoms with E-state index in [-0.39, 0.29) is 0 Å². The molecular formula is C12H21N. The molecule has 1 fully saturated rings. The molecule has 1 N–H and O–H groups in total. The molecule has 0 spiro atoms. The number of hydrogen-bond donors (Lipinski definition) is 1.